The molecule has 1 fully saturated rings. The van der Waals surface area contributed by atoms with Crippen molar-refractivity contribution in [2.24, 2.45) is 11.3 Å². The number of rotatable bonds is 2. The maximum atomic E-state index is 11.2. The van der Waals surface area contributed by atoms with Gasteiger partial charge in [0, 0.05) is 18.9 Å². The number of nitrogens with zero attached hydrogens (tertiary/aromatic N) is 1. The van der Waals surface area contributed by atoms with Crippen LogP contribution in [-0.2, 0) is 4.79 Å². The molecule has 1 unspecified atom stereocenters. The van der Waals surface area contributed by atoms with Gasteiger partial charge >= 0.3 is 0 Å². The van der Waals surface area contributed by atoms with Crippen molar-refractivity contribution in [1.82, 2.24) is 4.90 Å². The molecule has 15 heavy (non-hydrogen) atoms. The molecule has 0 radical (unpaired) electrons. The molecule has 0 N–H and O–H groups in total. The first kappa shape index (κ1) is 12.7. The van der Waals surface area contributed by atoms with Crippen LogP contribution in [0.25, 0.3) is 0 Å². The zero-order valence-corrected chi connectivity index (χ0v) is 10.8. The summed E-state index contributed by atoms with van der Waals surface area (Å²) in [5.74, 6) is 1.15. The molecule has 1 atom stereocenters. The minimum absolute atomic E-state index is 0.300. The topological polar surface area (TPSA) is 20.3 Å². The van der Waals surface area contributed by atoms with E-state index in [0.29, 0.717) is 23.2 Å². The lowest BCUT2D eigenvalue weighted by Gasteiger charge is -2.43. The first-order valence-corrected chi connectivity index (χ1v) is 6.00. The Kier molecular flexibility index (Phi) is 3.93. The van der Waals surface area contributed by atoms with Gasteiger partial charge in [-0.3, -0.25) is 4.79 Å². The summed E-state index contributed by atoms with van der Waals surface area (Å²) in [7, 11) is 4.32. The molecule has 0 aromatic heterocycles. The molecule has 2 heteroatoms. The number of ketones is 1. The van der Waals surface area contributed by atoms with Gasteiger partial charge in [0.2, 0.25) is 0 Å². The number of Topliss-reactive ketones (excluding diaryl/α,β-unsaturated/α-hetero) is 1. The molecule has 88 valence electrons. The van der Waals surface area contributed by atoms with Gasteiger partial charge < -0.3 is 4.90 Å². The molecular formula is C13H25NO. The van der Waals surface area contributed by atoms with Crippen LogP contribution in [0.3, 0.4) is 0 Å². The fraction of sp³-hybridized carbons (Fsp3) is 0.923. The molecule has 2 nitrogen and oxygen atoms in total. The molecular weight excluding hydrogens is 186 g/mol. The highest BCUT2D eigenvalue weighted by Gasteiger charge is 2.35. The standard InChI is InChI=1S/C13H25NO/c1-13(2,3)12(14(4)5)10-6-8-11(15)9-7-10/h10,12H,6-9H2,1-5H3. The van der Waals surface area contributed by atoms with Gasteiger partial charge in [0.15, 0.2) is 0 Å². The van der Waals surface area contributed by atoms with Crippen molar-refractivity contribution in [1.29, 1.82) is 0 Å². The monoisotopic (exact) mass is 211 g/mol. The van der Waals surface area contributed by atoms with Gasteiger partial charge in [0.1, 0.15) is 5.78 Å². The highest BCUT2D eigenvalue weighted by molar-refractivity contribution is 5.79. The van der Waals surface area contributed by atoms with E-state index in [1.807, 2.05) is 0 Å². The van der Waals surface area contributed by atoms with Crippen LogP contribution in [0, 0.1) is 11.3 Å². The lowest BCUT2D eigenvalue weighted by Crippen LogP contribution is -2.46. The Morgan fingerprint density at radius 3 is 2.00 bits per heavy atom. The maximum Gasteiger partial charge on any atom is 0.132 e. The van der Waals surface area contributed by atoms with Crippen molar-refractivity contribution in [3.63, 3.8) is 0 Å². The molecule has 0 amide bonds. The van der Waals surface area contributed by atoms with Crippen LogP contribution in [0.15, 0.2) is 0 Å². The lowest BCUT2D eigenvalue weighted by molar-refractivity contribution is -0.121. The van der Waals surface area contributed by atoms with E-state index in [-0.39, 0.29) is 0 Å². The van der Waals surface area contributed by atoms with Crippen LogP contribution in [0.4, 0.5) is 0 Å². The van der Waals surface area contributed by atoms with Gasteiger partial charge in [0.05, 0.1) is 0 Å². The Bertz CT molecular complexity index is 217. The van der Waals surface area contributed by atoms with Gasteiger partial charge in [-0.1, -0.05) is 20.8 Å². The van der Waals surface area contributed by atoms with Gasteiger partial charge in [-0.25, -0.2) is 0 Å². The van der Waals surface area contributed by atoms with E-state index < -0.39 is 0 Å². The van der Waals surface area contributed by atoms with Crippen LogP contribution in [0.5, 0.6) is 0 Å². The predicted octanol–water partition coefficient (Wildman–Crippen LogP) is 2.72. The molecule has 0 aliphatic heterocycles. The second-order valence-corrected chi connectivity index (χ2v) is 6.15. The number of hydrogen-bond donors (Lipinski definition) is 0. The quantitative estimate of drug-likeness (QED) is 0.700. The molecule has 0 heterocycles. The Labute approximate surface area is 94.0 Å². The van der Waals surface area contributed by atoms with Gasteiger partial charge in [-0.15, -0.1) is 0 Å². The molecule has 0 aromatic carbocycles. The zero-order chi connectivity index (χ0) is 11.6. The summed E-state index contributed by atoms with van der Waals surface area (Å²) in [4.78, 5) is 13.6. The Morgan fingerprint density at radius 2 is 1.67 bits per heavy atom. The van der Waals surface area contributed by atoms with E-state index in [0.717, 1.165) is 25.7 Å². The third-order valence-electron chi connectivity index (χ3n) is 3.48. The van der Waals surface area contributed by atoms with Crippen molar-refractivity contribution in [3.05, 3.63) is 0 Å². The molecule has 0 bridgehead atoms. The molecule has 0 spiro atoms. The Hall–Kier alpha value is -0.370. The second kappa shape index (κ2) is 4.65. The summed E-state index contributed by atoms with van der Waals surface area (Å²) in [6.45, 7) is 6.90. The average molecular weight is 211 g/mol. The van der Waals surface area contributed by atoms with Crippen molar-refractivity contribution in [2.75, 3.05) is 14.1 Å². The normalized spacial score (nSPS) is 22.1. The minimum Gasteiger partial charge on any atom is -0.306 e. The zero-order valence-electron chi connectivity index (χ0n) is 10.8. The van der Waals surface area contributed by atoms with Crippen LogP contribution in [0.2, 0.25) is 0 Å². The minimum atomic E-state index is 0.300. The van der Waals surface area contributed by atoms with Gasteiger partial charge in [-0.05, 0) is 38.3 Å². The van der Waals surface area contributed by atoms with Crippen LogP contribution in [-0.4, -0.2) is 30.8 Å². The largest absolute Gasteiger partial charge is 0.306 e. The van der Waals surface area contributed by atoms with Crippen molar-refractivity contribution in [2.45, 2.75) is 52.5 Å². The summed E-state index contributed by atoms with van der Waals surface area (Å²) >= 11 is 0. The SMILES string of the molecule is CN(C)C(C1CCC(=O)CC1)C(C)(C)C. The van der Waals surface area contributed by atoms with E-state index in [4.69, 9.17) is 0 Å². The molecule has 1 aliphatic rings. The summed E-state index contributed by atoms with van der Waals surface area (Å²) < 4.78 is 0. The van der Waals surface area contributed by atoms with Crippen molar-refractivity contribution < 1.29 is 4.79 Å². The maximum absolute atomic E-state index is 11.2. The highest BCUT2D eigenvalue weighted by atomic mass is 16.1. The number of carbonyl (C=O) groups is 1. The number of hydrogen-bond acceptors (Lipinski definition) is 2. The van der Waals surface area contributed by atoms with Gasteiger partial charge in [0.25, 0.3) is 0 Å². The van der Waals surface area contributed by atoms with E-state index >= 15 is 0 Å². The van der Waals surface area contributed by atoms with Crippen LogP contribution < -0.4 is 0 Å². The predicted molar refractivity (Wildman–Crippen MR) is 63.9 cm³/mol. The fourth-order valence-corrected chi connectivity index (χ4v) is 3.18. The fourth-order valence-electron chi connectivity index (χ4n) is 3.18. The summed E-state index contributed by atoms with van der Waals surface area (Å²) in [5, 5.41) is 0. The summed E-state index contributed by atoms with van der Waals surface area (Å²) in [5.41, 5.74) is 0.300. The first-order chi connectivity index (χ1) is 6.82. The summed E-state index contributed by atoms with van der Waals surface area (Å²) in [6.07, 6.45) is 3.76. The number of carbonyl (C=O) groups excluding carboxylic acids is 1. The smallest absolute Gasteiger partial charge is 0.132 e. The second-order valence-electron chi connectivity index (χ2n) is 6.15. The Morgan fingerprint density at radius 1 is 1.20 bits per heavy atom. The molecule has 0 aromatic rings. The van der Waals surface area contributed by atoms with Gasteiger partial charge in [-0.2, -0.15) is 0 Å². The van der Waals surface area contributed by atoms with Crippen molar-refractivity contribution in [3.8, 4) is 0 Å². The van der Waals surface area contributed by atoms with Crippen LogP contribution >= 0.6 is 0 Å². The summed E-state index contributed by atoms with van der Waals surface area (Å²) in [6, 6.07) is 0.589. The lowest BCUT2D eigenvalue weighted by atomic mass is 9.72. The van der Waals surface area contributed by atoms with E-state index in [9.17, 15) is 4.79 Å². The van der Waals surface area contributed by atoms with E-state index in [2.05, 4.69) is 39.8 Å². The first-order valence-electron chi connectivity index (χ1n) is 6.00. The third kappa shape index (κ3) is 3.30. The molecule has 0 saturated heterocycles. The van der Waals surface area contributed by atoms with E-state index in [1.54, 1.807) is 0 Å². The van der Waals surface area contributed by atoms with Crippen molar-refractivity contribution >= 4 is 5.78 Å². The third-order valence-corrected chi connectivity index (χ3v) is 3.48. The molecule has 1 aliphatic carbocycles. The molecule has 1 saturated carbocycles. The van der Waals surface area contributed by atoms with Crippen LogP contribution in [0.1, 0.15) is 46.5 Å². The van der Waals surface area contributed by atoms with E-state index in [1.165, 1.54) is 0 Å². The Balaban J connectivity index is 2.69. The molecule has 1 rings (SSSR count). The highest BCUT2D eigenvalue weighted by Crippen LogP contribution is 2.36. The average Bonchev–Trinajstić information content (AvgIpc) is 2.05.